The lowest BCUT2D eigenvalue weighted by Crippen LogP contribution is -2.21. The summed E-state index contributed by atoms with van der Waals surface area (Å²) in [7, 11) is 2.00. The van der Waals surface area contributed by atoms with E-state index in [1.165, 1.54) is 19.3 Å². The molecule has 17 heavy (non-hydrogen) atoms. The van der Waals surface area contributed by atoms with Crippen LogP contribution in [0, 0.1) is 11.8 Å². The second-order valence-corrected chi connectivity index (χ2v) is 6.59. The van der Waals surface area contributed by atoms with Crippen molar-refractivity contribution in [3.8, 4) is 0 Å². The quantitative estimate of drug-likeness (QED) is 0.898. The number of nitrogens with two attached hydrogens (primary N) is 1. The van der Waals surface area contributed by atoms with Gasteiger partial charge in [-0.25, -0.2) is 0 Å². The highest BCUT2D eigenvalue weighted by molar-refractivity contribution is 7.99. The van der Waals surface area contributed by atoms with Crippen LogP contribution in [0.5, 0.6) is 0 Å². The van der Waals surface area contributed by atoms with Gasteiger partial charge in [-0.15, -0.1) is 10.2 Å². The summed E-state index contributed by atoms with van der Waals surface area (Å²) in [5.74, 6) is 2.53. The molecule has 2 unspecified atom stereocenters. The molecule has 1 aromatic heterocycles. The minimum absolute atomic E-state index is 0.460. The van der Waals surface area contributed by atoms with Gasteiger partial charge in [0, 0.05) is 12.3 Å². The normalized spacial score (nSPS) is 29.5. The largest absolute Gasteiger partial charge is 0.324 e. The van der Waals surface area contributed by atoms with Crippen molar-refractivity contribution in [2.75, 3.05) is 0 Å². The number of rotatable bonds is 3. The van der Waals surface area contributed by atoms with Crippen molar-refractivity contribution in [3.63, 3.8) is 0 Å². The first-order chi connectivity index (χ1) is 8.10. The predicted octanol–water partition coefficient (Wildman–Crippen LogP) is 2.19. The van der Waals surface area contributed by atoms with Crippen LogP contribution in [0.4, 0.5) is 0 Å². The lowest BCUT2D eigenvalue weighted by molar-refractivity contribution is 0.308. The summed E-state index contributed by atoms with van der Waals surface area (Å²) in [4.78, 5) is 0. The smallest absolute Gasteiger partial charge is 0.191 e. The molecule has 2 atom stereocenters. The molecule has 2 N–H and O–H groups in total. The van der Waals surface area contributed by atoms with Crippen LogP contribution < -0.4 is 5.73 Å². The van der Waals surface area contributed by atoms with Gasteiger partial charge in [0.2, 0.25) is 0 Å². The van der Waals surface area contributed by atoms with Gasteiger partial charge < -0.3 is 10.3 Å². The summed E-state index contributed by atoms with van der Waals surface area (Å²) < 4.78 is 2.02. The lowest BCUT2D eigenvalue weighted by atomic mass is 9.83. The number of hydrogen-bond acceptors (Lipinski definition) is 4. The fourth-order valence-electron chi connectivity index (χ4n) is 2.74. The van der Waals surface area contributed by atoms with Crippen LogP contribution in [0.25, 0.3) is 0 Å². The van der Waals surface area contributed by atoms with Crippen molar-refractivity contribution in [2.45, 2.75) is 50.1 Å². The third kappa shape index (κ3) is 3.01. The minimum atomic E-state index is 0.460. The maximum atomic E-state index is 5.61. The highest BCUT2D eigenvalue weighted by Gasteiger charge is 2.26. The Balaban J connectivity index is 2.02. The van der Waals surface area contributed by atoms with Gasteiger partial charge in [-0.1, -0.05) is 25.6 Å². The van der Waals surface area contributed by atoms with E-state index in [4.69, 9.17) is 5.73 Å². The molecule has 1 aliphatic carbocycles. The number of nitrogens with zero attached hydrogens (tertiary/aromatic N) is 3. The average Bonchev–Trinajstić information content (AvgIpc) is 2.58. The maximum Gasteiger partial charge on any atom is 0.191 e. The van der Waals surface area contributed by atoms with Gasteiger partial charge in [-0.2, -0.15) is 0 Å². The molecular weight excluding hydrogens is 232 g/mol. The summed E-state index contributed by atoms with van der Waals surface area (Å²) in [6.45, 7) is 5.16. The van der Waals surface area contributed by atoms with Crippen LogP contribution >= 0.6 is 11.8 Å². The van der Waals surface area contributed by atoms with Crippen LogP contribution in [0.2, 0.25) is 0 Å². The maximum absolute atomic E-state index is 5.61. The monoisotopic (exact) mass is 254 g/mol. The first-order valence-corrected chi connectivity index (χ1v) is 7.23. The fourth-order valence-corrected chi connectivity index (χ4v) is 4.24. The molecule has 0 spiro atoms. The van der Waals surface area contributed by atoms with Gasteiger partial charge in [0.15, 0.2) is 5.16 Å². The Kier molecular flexibility index (Phi) is 4.09. The van der Waals surface area contributed by atoms with Crippen LogP contribution in [0.1, 0.15) is 38.9 Å². The highest BCUT2D eigenvalue weighted by Crippen LogP contribution is 2.37. The van der Waals surface area contributed by atoms with Crippen molar-refractivity contribution in [3.05, 3.63) is 5.82 Å². The second-order valence-electron chi connectivity index (χ2n) is 5.32. The zero-order valence-electron chi connectivity index (χ0n) is 10.9. The van der Waals surface area contributed by atoms with Gasteiger partial charge in [0.05, 0.1) is 6.54 Å². The van der Waals surface area contributed by atoms with Gasteiger partial charge >= 0.3 is 0 Å². The second kappa shape index (κ2) is 5.40. The minimum Gasteiger partial charge on any atom is -0.324 e. The molecule has 2 rings (SSSR count). The van der Waals surface area contributed by atoms with Crippen LogP contribution in [0.15, 0.2) is 5.16 Å². The molecule has 5 heteroatoms. The molecule has 0 bridgehead atoms. The molecule has 0 aromatic carbocycles. The molecule has 1 aromatic rings. The molecule has 0 saturated heterocycles. The van der Waals surface area contributed by atoms with Crippen molar-refractivity contribution in [2.24, 2.45) is 24.6 Å². The van der Waals surface area contributed by atoms with Crippen molar-refractivity contribution in [1.82, 2.24) is 14.8 Å². The Bertz CT molecular complexity index is 367. The molecule has 1 heterocycles. The first kappa shape index (κ1) is 12.9. The third-order valence-electron chi connectivity index (χ3n) is 3.51. The van der Waals surface area contributed by atoms with Gasteiger partial charge in [0.25, 0.3) is 0 Å². The zero-order valence-corrected chi connectivity index (χ0v) is 11.7. The molecule has 1 fully saturated rings. The number of thioether (sulfide) groups is 1. The predicted molar refractivity (Wildman–Crippen MR) is 70.7 cm³/mol. The van der Waals surface area contributed by atoms with Gasteiger partial charge in [-0.3, -0.25) is 0 Å². The molecule has 0 aliphatic heterocycles. The molecule has 0 radical (unpaired) electrons. The summed E-state index contributed by atoms with van der Waals surface area (Å²) in [5.41, 5.74) is 5.61. The van der Waals surface area contributed by atoms with E-state index in [1.54, 1.807) is 0 Å². The van der Waals surface area contributed by atoms with E-state index in [-0.39, 0.29) is 0 Å². The van der Waals surface area contributed by atoms with Crippen molar-refractivity contribution >= 4 is 11.8 Å². The van der Waals surface area contributed by atoms with Gasteiger partial charge in [0.1, 0.15) is 5.82 Å². The molecular formula is C12H22N4S. The summed E-state index contributed by atoms with van der Waals surface area (Å²) >= 11 is 1.87. The fraction of sp³-hybridized carbons (Fsp3) is 0.833. The van der Waals surface area contributed by atoms with E-state index in [0.29, 0.717) is 11.8 Å². The molecule has 0 amide bonds. The molecule has 96 valence electrons. The Labute approximate surface area is 107 Å². The van der Waals surface area contributed by atoms with Gasteiger partial charge in [-0.05, 0) is 31.1 Å². The first-order valence-electron chi connectivity index (χ1n) is 6.35. The molecule has 4 nitrogen and oxygen atoms in total. The molecule has 1 saturated carbocycles. The number of hydrogen-bond donors (Lipinski definition) is 1. The van der Waals surface area contributed by atoms with Crippen molar-refractivity contribution < 1.29 is 0 Å². The Morgan fingerprint density at radius 1 is 1.24 bits per heavy atom. The van der Waals surface area contributed by atoms with E-state index >= 15 is 0 Å². The number of aromatic nitrogens is 3. The zero-order chi connectivity index (χ0) is 12.4. The standard InChI is InChI=1S/C12H22N4S/c1-8-4-9(2)6-10(5-8)17-12-15-14-11(7-13)16(12)3/h8-10H,4-7,13H2,1-3H3. The Morgan fingerprint density at radius 2 is 1.88 bits per heavy atom. The summed E-state index contributed by atoms with van der Waals surface area (Å²) in [5, 5.41) is 10.0. The van der Waals surface area contributed by atoms with E-state index in [0.717, 1.165) is 22.8 Å². The van der Waals surface area contributed by atoms with E-state index in [9.17, 15) is 0 Å². The van der Waals surface area contributed by atoms with Crippen molar-refractivity contribution in [1.29, 1.82) is 0 Å². The van der Waals surface area contributed by atoms with Crippen LogP contribution in [0.3, 0.4) is 0 Å². The van der Waals surface area contributed by atoms with Crippen LogP contribution in [-0.2, 0) is 13.6 Å². The average molecular weight is 254 g/mol. The van der Waals surface area contributed by atoms with Crippen LogP contribution in [-0.4, -0.2) is 20.0 Å². The SMILES string of the molecule is CC1CC(C)CC(Sc2nnc(CN)n2C)C1. The summed E-state index contributed by atoms with van der Waals surface area (Å²) in [6.07, 6.45) is 3.95. The topological polar surface area (TPSA) is 56.7 Å². The van der Waals surface area contributed by atoms with E-state index < -0.39 is 0 Å². The third-order valence-corrected chi connectivity index (χ3v) is 4.80. The molecule has 1 aliphatic rings. The lowest BCUT2D eigenvalue weighted by Gasteiger charge is -2.30. The Hall–Kier alpha value is -0.550. The van der Waals surface area contributed by atoms with E-state index in [2.05, 4.69) is 24.0 Å². The van der Waals surface area contributed by atoms with E-state index in [1.807, 2.05) is 23.4 Å². The highest BCUT2D eigenvalue weighted by atomic mass is 32.2. The Morgan fingerprint density at radius 3 is 2.41 bits per heavy atom. The summed E-state index contributed by atoms with van der Waals surface area (Å²) in [6, 6.07) is 0.